The highest BCUT2D eigenvalue weighted by Crippen LogP contribution is 2.39. The fourth-order valence-corrected chi connectivity index (χ4v) is 5.24. The third-order valence-electron chi connectivity index (χ3n) is 7.17. The molecule has 2 aromatic carbocycles. The fraction of sp³-hybridized carbons (Fsp3) is 0.345. The first kappa shape index (κ1) is 27.7. The van der Waals surface area contributed by atoms with Crippen molar-refractivity contribution in [3.63, 3.8) is 0 Å². The van der Waals surface area contributed by atoms with Gasteiger partial charge >= 0.3 is 6.09 Å². The maximum atomic E-state index is 13.3. The summed E-state index contributed by atoms with van der Waals surface area (Å²) in [6.07, 6.45) is 0.892. The molecular weight excluding hydrogens is 524 g/mol. The zero-order valence-electron chi connectivity index (χ0n) is 23.4. The smallest absolute Gasteiger partial charge is 0.407 e. The van der Waals surface area contributed by atoms with Crippen molar-refractivity contribution in [1.82, 2.24) is 24.6 Å². The molecule has 3 amide bonds. The minimum atomic E-state index is -0.550. The summed E-state index contributed by atoms with van der Waals surface area (Å²) >= 11 is 0. The third-order valence-corrected chi connectivity index (χ3v) is 7.17. The molecule has 4 aromatic rings. The van der Waals surface area contributed by atoms with Gasteiger partial charge in [0, 0.05) is 32.2 Å². The molecule has 1 aliphatic heterocycles. The van der Waals surface area contributed by atoms with Crippen molar-refractivity contribution in [2.24, 2.45) is 5.73 Å². The average Bonchev–Trinajstić information content (AvgIpc) is 3.52. The van der Waals surface area contributed by atoms with Crippen LogP contribution in [0.25, 0.3) is 11.0 Å². The summed E-state index contributed by atoms with van der Waals surface area (Å²) < 4.78 is 8.97. The lowest BCUT2D eigenvalue weighted by Crippen LogP contribution is -2.34. The quantitative estimate of drug-likeness (QED) is 0.252. The van der Waals surface area contributed by atoms with E-state index in [0.29, 0.717) is 55.2 Å². The Morgan fingerprint density at radius 1 is 1.15 bits per heavy atom. The maximum Gasteiger partial charge on any atom is 0.407 e. The molecule has 1 atom stereocenters. The Balaban J connectivity index is 1.35. The molecule has 0 fully saturated rings. The van der Waals surface area contributed by atoms with Crippen LogP contribution in [0.1, 0.15) is 57.9 Å². The number of aryl methyl sites for hydroxylation is 2. The lowest BCUT2D eigenvalue weighted by molar-refractivity contribution is 0.0996. The summed E-state index contributed by atoms with van der Waals surface area (Å²) in [5.41, 5.74) is 10.2. The molecule has 4 N–H and O–H groups in total. The molecule has 0 bridgehead atoms. The molecule has 3 heterocycles. The number of amides is 3. The first-order valence-electron chi connectivity index (χ1n) is 13.6. The molecule has 5 rings (SSSR count). The Hall–Kier alpha value is -4.87. The van der Waals surface area contributed by atoms with Gasteiger partial charge in [-0.2, -0.15) is 5.10 Å². The molecule has 12 heteroatoms. The molecule has 0 unspecified atom stereocenters. The highest BCUT2D eigenvalue weighted by molar-refractivity contribution is 6.05. The standard InChI is InChI=1S/C29H34N8O4/c1-4-36-24(13-18(2)34-36)27(39)33-28-32-22-14-20(26(30)38)15-23-25(22)37(28)21(16-35(23)3)11-8-12-31-29(40)41-17-19-9-6-5-7-10-19/h5-7,9-10,13-15,21H,4,8,11-12,16-17H2,1-3H3,(H2,30,38)(H,31,40)(H,32,33,39)/t21-/m0/s1. The van der Waals surface area contributed by atoms with Crippen LogP contribution in [-0.2, 0) is 17.9 Å². The first-order valence-corrected chi connectivity index (χ1v) is 13.6. The minimum Gasteiger partial charge on any atom is -0.445 e. The summed E-state index contributed by atoms with van der Waals surface area (Å²) in [5, 5.41) is 10.2. The summed E-state index contributed by atoms with van der Waals surface area (Å²) in [5.74, 6) is -0.495. The number of likely N-dealkylation sites (N-methyl/N-ethyl adjacent to an activating group) is 1. The number of imidazole rings is 1. The zero-order valence-corrected chi connectivity index (χ0v) is 23.4. The van der Waals surface area contributed by atoms with E-state index < -0.39 is 12.0 Å². The van der Waals surface area contributed by atoms with E-state index in [0.717, 1.165) is 22.5 Å². The van der Waals surface area contributed by atoms with Gasteiger partial charge in [-0.05, 0) is 50.5 Å². The van der Waals surface area contributed by atoms with Crippen molar-refractivity contribution in [3.8, 4) is 0 Å². The van der Waals surface area contributed by atoms with Crippen molar-refractivity contribution in [1.29, 1.82) is 0 Å². The van der Waals surface area contributed by atoms with Crippen LogP contribution < -0.4 is 21.3 Å². The molecule has 41 heavy (non-hydrogen) atoms. The van der Waals surface area contributed by atoms with Crippen molar-refractivity contribution in [2.45, 2.75) is 45.9 Å². The van der Waals surface area contributed by atoms with E-state index in [1.807, 2.05) is 55.8 Å². The van der Waals surface area contributed by atoms with E-state index in [-0.39, 0.29) is 18.6 Å². The number of primary amides is 1. The van der Waals surface area contributed by atoms with Gasteiger partial charge in [-0.15, -0.1) is 0 Å². The molecule has 0 saturated heterocycles. The van der Waals surface area contributed by atoms with Crippen molar-refractivity contribution >= 4 is 40.6 Å². The summed E-state index contributed by atoms with van der Waals surface area (Å²) in [6, 6.07) is 14.6. The van der Waals surface area contributed by atoms with Gasteiger partial charge in [0.15, 0.2) is 0 Å². The average molecular weight is 559 g/mol. The van der Waals surface area contributed by atoms with E-state index in [2.05, 4.69) is 20.6 Å². The van der Waals surface area contributed by atoms with Gasteiger partial charge in [-0.1, -0.05) is 30.3 Å². The van der Waals surface area contributed by atoms with Gasteiger partial charge in [0.1, 0.15) is 12.3 Å². The van der Waals surface area contributed by atoms with Crippen LogP contribution in [0.2, 0.25) is 0 Å². The highest BCUT2D eigenvalue weighted by Gasteiger charge is 2.30. The van der Waals surface area contributed by atoms with Gasteiger partial charge in [0.25, 0.3) is 5.91 Å². The third kappa shape index (κ3) is 5.86. The number of nitrogens with zero attached hydrogens (tertiary/aromatic N) is 5. The number of hydrogen-bond acceptors (Lipinski definition) is 7. The Labute approximate surface area is 237 Å². The topological polar surface area (TPSA) is 149 Å². The second-order valence-electron chi connectivity index (χ2n) is 10.1. The molecule has 214 valence electrons. The number of anilines is 2. The van der Waals surface area contributed by atoms with Crippen molar-refractivity contribution in [3.05, 3.63) is 71.0 Å². The van der Waals surface area contributed by atoms with E-state index in [9.17, 15) is 14.4 Å². The number of benzene rings is 2. The number of nitrogens with two attached hydrogens (primary N) is 1. The van der Waals surface area contributed by atoms with Gasteiger partial charge in [-0.25, -0.2) is 9.78 Å². The van der Waals surface area contributed by atoms with E-state index in [1.54, 1.807) is 22.9 Å². The van der Waals surface area contributed by atoms with Crippen LogP contribution in [-0.4, -0.2) is 57.4 Å². The molecule has 2 aromatic heterocycles. The molecule has 1 aliphatic rings. The largest absolute Gasteiger partial charge is 0.445 e. The van der Waals surface area contributed by atoms with Crippen LogP contribution in [0.4, 0.5) is 16.4 Å². The van der Waals surface area contributed by atoms with Crippen LogP contribution >= 0.6 is 0 Å². The highest BCUT2D eigenvalue weighted by atomic mass is 16.5. The normalized spacial score (nSPS) is 14.2. The van der Waals surface area contributed by atoms with Crippen molar-refractivity contribution < 1.29 is 19.1 Å². The van der Waals surface area contributed by atoms with Gasteiger partial charge in [0.05, 0.1) is 28.5 Å². The molecule has 0 spiro atoms. The Morgan fingerprint density at radius 3 is 2.66 bits per heavy atom. The van der Waals surface area contributed by atoms with E-state index in [4.69, 9.17) is 15.5 Å². The summed E-state index contributed by atoms with van der Waals surface area (Å²) in [7, 11) is 1.95. The molecular formula is C29H34N8O4. The van der Waals surface area contributed by atoms with Gasteiger partial charge < -0.3 is 25.3 Å². The van der Waals surface area contributed by atoms with Crippen LogP contribution in [0, 0.1) is 6.92 Å². The molecule has 12 nitrogen and oxygen atoms in total. The van der Waals surface area contributed by atoms with Crippen LogP contribution in [0.5, 0.6) is 0 Å². The zero-order chi connectivity index (χ0) is 29.1. The summed E-state index contributed by atoms with van der Waals surface area (Å²) in [6.45, 7) is 5.55. The predicted molar refractivity (Wildman–Crippen MR) is 155 cm³/mol. The Morgan fingerprint density at radius 2 is 1.93 bits per heavy atom. The van der Waals surface area contributed by atoms with E-state index in [1.165, 1.54) is 0 Å². The lowest BCUT2D eigenvalue weighted by Gasteiger charge is -2.34. The first-order chi connectivity index (χ1) is 19.7. The minimum absolute atomic E-state index is 0.0628. The van der Waals surface area contributed by atoms with Crippen molar-refractivity contribution in [2.75, 3.05) is 30.4 Å². The Kier molecular flexibility index (Phi) is 7.90. The van der Waals surface area contributed by atoms with E-state index >= 15 is 0 Å². The number of carbonyl (C=O) groups is 3. The Bertz CT molecular complexity index is 1590. The lowest BCUT2D eigenvalue weighted by atomic mass is 10.0. The molecule has 0 aliphatic carbocycles. The van der Waals surface area contributed by atoms with Crippen LogP contribution in [0.15, 0.2) is 48.5 Å². The summed E-state index contributed by atoms with van der Waals surface area (Å²) in [4.78, 5) is 44.3. The van der Waals surface area contributed by atoms with Gasteiger partial charge in [0.2, 0.25) is 11.9 Å². The second-order valence-corrected chi connectivity index (χ2v) is 10.1. The number of nitrogens with one attached hydrogen (secondary N) is 2. The second kappa shape index (κ2) is 11.7. The molecule has 0 radical (unpaired) electrons. The number of hydrogen-bond donors (Lipinski definition) is 3. The predicted octanol–water partition coefficient (Wildman–Crippen LogP) is 3.61. The monoisotopic (exact) mass is 558 g/mol. The number of ether oxygens (including phenoxy) is 1. The van der Waals surface area contributed by atoms with Gasteiger partial charge in [-0.3, -0.25) is 19.6 Å². The number of rotatable bonds is 10. The van der Waals surface area contributed by atoms with Crippen LogP contribution in [0.3, 0.4) is 0 Å². The number of carbonyl (C=O) groups excluding carboxylic acids is 3. The molecule has 0 saturated carbocycles. The number of alkyl carbamates (subject to hydrolysis) is 1. The SMILES string of the molecule is CCn1nc(C)cc1C(=O)Nc1nc2cc(C(N)=O)cc3c2n1[C@@H](CCCNC(=O)OCc1ccccc1)CN3C. The fourth-order valence-electron chi connectivity index (χ4n) is 5.24. The maximum absolute atomic E-state index is 13.3. The number of aromatic nitrogens is 4.